The molecule has 128 valence electrons. The third-order valence-corrected chi connectivity index (χ3v) is 3.53. The van der Waals surface area contributed by atoms with Crippen molar-refractivity contribution in [1.82, 2.24) is 0 Å². The van der Waals surface area contributed by atoms with E-state index in [4.69, 9.17) is 16.3 Å². The van der Waals surface area contributed by atoms with E-state index in [1.54, 1.807) is 24.3 Å². The minimum absolute atomic E-state index is 0.240. The first-order valence-electron chi connectivity index (χ1n) is 7.02. The summed E-state index contributed by atoms with van der Waals surface area (Å²) in [6.45, 7) is 3.07. The van der Waals surface area contributed by atoms with E-state index >= 15 is 0 Å². The quantitative estimate of drug-likeness (QED) is 0.821. The number of para-hydroxylation sites is 1. The van der Waals surface area contributed by atoms with Gasteiger partial charge in [-0.25, -0.2) is 0 Å². The molecule has 2 aromatic rings. The third kappa shape index (κ3) is 4.41. The number of ether oxygens (including phenoxy) is 1. The van der Waals surface area contributed by atoms with Crippen molar-refractivity contribution in [2.24, 2.45) is 0 Å². The van der Waals surface area contributed by atoms with Crippen LogP contribution in [0, 0.1) is 0 Å². The Morgan fingerprint density at radius 2 is 1.62 bits per heavy atom. The monoisotopic (exact) mass is 357 g/mol. The summed E-state index contributed by atoms with van der Waals surface area (Å²) in [4.78, 5) is 12.3. The van der Waals surface area contributed by atoms with Crippen LogP contribution in [0.15, 0.2) is 48.5 Å². The standard InChI is InChI=1S/C17H15ClF3NO2/c1-16(2,24-14-6-4-3-5-13(14)18)15(23)22-12-9-7-11(8-10-12)17(19,20)21/h3-10H,1-2H3,(H,22,23). The summed E-state index contributed by atoms with van der Waals surface area (Å²) in [5.74, 6) is -0.172. The first-order valence-corrected chi connectivity index (χ1v) is 7.39. The Balaban J connectivity index is 2.09. The molecule has 1 amide bonds. The molecule has 0 saturated heterocycles. The van der Waals surface area contributed by atoms with Crippen LogP contribution < -0.4 is 10.1 Å². The van der Waals surface area contributed by atoms with E-state index in [1.807, 2.05) is 0 Å². The smallest absolute Gasteiger partial charge is 0.416 e. The first-order chi connectivity index (χ1) is 11.1. The molecule has 3 nitrogen and oxygen atoms in total. The van der Waals surface area contributed by atoms with Gasteiger partial charge in [-0.3, -0.25) is 4.79 Å². The lowest BCUT2D eigenvalue weighted by Crippen LogP contribution is -2.42. The summed E-state index contributed by atoms with van der Waals surface area (Å²) >= 11 is 5.99. The van der Waals surface area contributed by atoms with Crippen LogP contribution in [0.3, 0.4) is 0 Å². The third-order valence-electron chi connectivity index (χ3n) is 3.22. The van der Waals surface area contributed by atoms with Gasteiger partial charge < -0.3 is 10.1 Å². The highest BCUT2D eigenvalue weighted by molar-refractivity contribution is 6.32. The van der Waals surface area contributed by atoms with Crippen molar-refractivity contribution in [2.75, 3.05) is 5.32 Å². The average molecular weight is 358 g/mol. The van der Waals surface area contributed by atoms with Crippen LogP contribution in [0.25, 0.3) is 0 Å². The zero-order valence-corrected chi connectivity index (χ0v) is 13.7. The minimum Gasteiger partial charge on any atom is -0.476 e. The van der Waals surface area contributed by atoms with Crippen molar-refractivity contribution in [1.29, 1.82) is 0 Å². The maximum atomic E-state index is 12.5. The van der Waals surface area contributed by atoms with Crippen molar-refractivity contribution in [3.8, 4) is 5.75 Å². The van der Waals surface area contributed by atoms with E-state index in [0.717, 1.165) is 12.1 Å². The lowest BCUT2D eigenvalue weighted by Gasteiger charge is -2.26. The maximum Gasteiger partial charge on any atom is 0.416 e. The summed E-state index contributed by atoms with van der Waals surface area (Å²) in [6.07, 6.45) is -4.42. The molecule has 0 bridgehead atoms. The fraction of sp³-hybridized carbons (Fsp3) is 0.235. The minimum atomic E-state index is -4.42. The lowest BCUT2D eigenvalue weighted by molar-refractivity contribution is -0.137. The normalized spacial score (nSPS) is 11.9. The Labute approximate surface area is 142 Å². The van der Waals surface area contributed by atoms with Gasteiger partial charge in [-0.1, -0.05) is 23.7 Å². The number of benzene rings is 2. The van der Waals surface area contributed by atoms with E-state index < -0.39 is 23.2 Å². The Hall–Kier alpha value is -2.21. The molecule has 0 aliphatic rings. The van der Waals surface area contributed by atoms with Crippen molar-refractivity contribution in [3.05, 3.63) is 59.1 Å². The van der Waals surface area contributed by atoms with Gasteiger partial charge in [0.2, 0.25) is 0 Å². The molecular weight excluding hydrogens is 343 g/mol. The topological polar surface area (TPSA) is 38.3 Å². The van der Waals surface area contributed by atoms with Gasteiger partial charge in [0.1, 0.15) is 5.75 Å². The average Bonchev–Trinajstić information content (AvgIpc) is 2.49. The van der Waals surface area contributed by atoms with Gasteiger partial charge in [-0.2, -0.15) is 13.2 Å². The lowest BCUT2D eigenvalue weighted by atomic mass is 10.1. The van der Waals surface area contributed by atoms with Gasteiger partial charge in [-0.15, -0.1) is 0 Å². The number of amides is 1. The summed E-state index contributed by atoms with van der Waals surface area (Å²) in [7, 11) is 0. The van der Waals surface area contributed by atoms with Gasteiger partial charge in [0.05, 0.1) is 10.6 Å². The number of alkyl halides is 3. The summed E-state index contributed by atoms with van der Waals surface area (Å²) in [5, 5.41) is 2.88. The number of carbonyl (C=O) groups is 1. The van der Waals surface area contributed by atoms with Crippen molar-refractivity contribution < 1.29 is 22.7 Å². The molecule has 0 atom stereocenters. The Bertz CT molecular complexity index is 727. The van der Waals surface area contributed by atoms with E-state index in [2.05, 4.69) is 5.32 Å². The number of carbonyl (C=O) groups excluding carboxylic acids is 1. The molecule has 24 heavy (non-hydrogen) atoms. The SMILES string of the molecule is CC(C)(Oc1ccccc1Cl)C(=O)Nc1ccc(C(F)(F)F)cc1. The van der Waals surface area contributed by atoms with Gasteiger partial charge in [0.15, 0.2) is 5.60 Å². The summed E-state index contributed by atoms with van der Waals surface area (Å²) < 4.78 is 43.2. The highest BCUT2D eigenvalue weighted by Crippen LogP contribution is 2.30. The molecule has 0 aliphatic carbocycles. The predicted octanol–water partition coefficient (Wildman–Crippen LogP) is 5.15. The molecule has 1 N–H and O–H groups in total. The van der Waals surface area contributed by atoms with Gasteiger partial charge in [-0.05, 0) is 50.2 Å². The van der Waals surface area contributed by atoms with Crippen LogP contribution in [0.2, 0.25) is 5.02 Å². The van der Waals surface area contributed by atoms with Gasteiger partial charge >= 0.3 is 6.18 Å². The van der Waals surface area contributed by atoms with Crippen LogP contribution >= 0.6 is 11.6 Å². The number of nitrogens with one attached hydrogen (secondary N) is 1. The van der Waals surface area contributed by atoms with Crippen LogP contribution in [-0.2, 0) is 11.0 Å². The summed E-state index contributed by atoms with van der Waals surface area (Å²) in [5.41, 5.74) is -1.82. The molecular formula is C17H15ClF3NO2. The molecule has 0 saturated carbocycles. The fourth-order valence-corrected chi connectivity index (χ4v) is 2.05. The van der Waals surface area contributed by atoms with E-state index in [1.165, 1.54) is 26.0 Å². The molecule has 7 heteroatoms. The number of hydrogen-bond acceptors (Lipinski definition) is 2. The Morgan fingerprint density at radius 3 is 2.17 bits per heavy atom. The van der Waals surface area contributed by atoms with Gasteiger partial charge in [0, 0.05) is 5.69 Å². The van der Waals surface area contributed by atoms with E-state index in [0.29, 0.717) is 10.8 Å². The molecule has 0 heterocycles. The number of anilines is 1. The van der Waals surface area contributed by atoms with Crippen molar-refractivity contribution in [2.45, 2.75) is 25.6 Å². The first kappa shape index (κ1) is 18.1. The predicted molar refractivity (Wildman–Crippen MR) is 86.2 cm³/mol. The second kappa shape index (κ2) is 6.73. The largest absolute Gasteiger partial charge is 0.476 e. The zero-order valence-electron chi connectivity index (χ0n) is 12.9. The molecule has 2 rings (SSSR count). The van der Waals surface area contributed by atoms with Crippen molar-refractivity contribution >= 4 is 23.2 Å². The summed E-state index contributed by atoms with van der Waals surface area (Å²) in [6, 6.07) is 10.9. The molecule has 0 aliphatic heterocycles. The molecule has 0 spiro atoms. The van der Waals surface area contributed by atoms with E-state index in [-0.39, 0.29) is 5.69 Å². The fourth-order valence-electron chi connectivity index (χ4n) is 1.87. The highest BCUT2D eigenvalue weighted by Gasteiger charge is 2.32. The van der Waals surface area contributed by atoms with Crippen LogP contribution in [0.4, 0.5) is 18.9 Å². The Morgan fingerprint density at radius 1 is 1.04 bits per heavy atom. The van der Waals surface area contributed by atoms with Crippen molar-refractivity contribution in [3.63, 3.8) is 0 Å². The molecule has 0 fully saturated rings. The number of rotatable bonds is 4. The second-order valence-electron chi connectivity index (χ2n) is 5.57. The molecule has 2 aromatic carbocycles. The number of hydrogen-bond donors (Lipinski definition) is 1. The highest BCUT2D eigenvalue weighted by atomic mass is 35.5. The van der Waals surface area contributed by atoms with E-state index in [9.17, 15) is 18.0 Å². The Kier molecular flexibility index (Phi) is 5.08. The van der Waals surface area contributed by atoms with Crippen LogP contribution in [-0.4, -0.2) is 11.5 Å². The zero-order chi connectivity index (χ0) is 18.0. The van der Waals surface area contributed by atoms with Gasteiger partial charge in [0.25, 0.3) is 5.91 Å². The van der Waals surface area contributed by atoms with Crippen LogP contribution in [0.5, 0.6) is 5.75 Å². The number of halogens is 4. The maximum absolute atomic E-state index is 12.5. The van der Waals surface area contributed by atoms with Crippen LogP contribution in [0.1, 0.15) is 19.4 Å². The second-order valence-corrected chi connectivity index (χ2v) is 5.98. The molecule has 0 unspecified atom stereocenters. The molecule has 0 aromatic heterocycles. The molecule has 0 radical (unpaired) electrons.